The normalized spacial score (nSPS) is 20.3. The van der Waals surface area contributed by atoms with Crippen LogP contribution in [0, 0.1) is 11.8 Å². The zero-order valence-electron chi connectivity index (χ0n) is 14.9. The Hall–Kier alpha value is -0.800. The highest BCUT2D eigenvalue weighted by Crippen LogP contribution is 2.34. The van der Waals surface area contributed by atoms with Crippen LogP contribution < -0.4 is 0 Å². The number of hydrogen-bond acceptors (Lipinski definition) is 3. The van der Waals surface area contributed by atoms with Crippen LogP contribution in [-0.2, 0) is 4.74 Å². The van der Waals surface area contributed by atoms with Gasteiger partial charge in [0.05, 0.1) is 12.5 Å². The Morgan fingerprint density at radius 3 is 1.35 bits per heavy atom. The Morgan fingerprint density at radius 1 is 0.696 bits per heavy atom. The predicted molar refractivity (Wildman–Crippen MR) is 98.0 cm³/mol. The Labute approximate surface area is 143 Å². The van der Waals surface area contributed by atoms with Crippen LogP contribution in [0.1, 0.15) is 77.0 Å². The minimum Gasteiger partial charge on any atom is -0.474 e. The van der Waals surface area contributed by atoms with Gasteiger partial charge in [0.1, 0.15) is 0 Å². The summed E-state index contributed by atoms with van der Waals surface area (Å²) in [5.74, 6) is 1.94. The van der Waals surface area contributed by atoms with Crippen LogP contribution in [0.2, 0.25) is 0 Å². The molecule has 0 spiro atoms. The SMILES string of the molecule is C=COC=C.OCCCCCC1CCC(CCCCCO)CC1. The lowest BCUT2D eigenvalue weighted by Crippen LogP contribution is -2.14. The fraction of sp³-hybridized carbons (Fsp3) is 0.800. The molecule has 0 saturated heterocycles. The molecule has 0 atom stereocenters. The minimum absolute atomic E-state index is 0.362. The van der Waals surface area contributed by atoms with Gasteiger partial charge in [0.25, 0.3) is 0 Å². The van der Waals surface area contributed by atoms with Crippen molar-refractivity contribution < 1.29 is 14.9 Å². The zero-order chi connectivity index (χ0) is 17.2. The number of rotatable bonds is 12. The van der Waals surface area contributed by atoms with Gasteiger partial charge >= 0.3 is 0 Å². The molecule has 1 aliphatic carbocycles. The highest BCUT2D eigenvalue weighted by Gasteiger charge is 2.20. The summed E-state index contributed by atoms with van der Waals surface area (Å²) < 4.78 is 4.36. The van der Waals surface area contributed by atoms with Crippen molar-refractivity contribution >= 4 is 0 Å². The van der Waals surface area contributed by atoms with E-state index in [1.165, 1.54) is 76.7 Å². The third-order valence-corrected chi connectivity index (χ3v) is 4.70. The molecule has 1 saturated carbocycles. The maximum atomic E-state index is 8.74. The van der Waals surface area contributed by atoms with Crippen LogP contribution >= 0.6 is 0 Å². The van der Waals surface area contributed by atoms with Gasteiger partial charge in [0.2, 0.25) is 0 Å². The molecular weight excluding hydrogens is 288 g/mol. The largest absolute Gasteiger partial charge is 0.474 e. The first kappa shape index (κ1) is 22.2. The van der Waals surface area contributed by atoms with E-state index in [1.54, 1.807) is 0 Å². The second-order valence-corrected chi connectivity index (χ2v) is 6.50. The third-order valence-electron chi connectivity index (χ3n) is 4.70. The Balaban J connectivity index is 0.000000841. The van der Waals surface area contributed by atoms with Crippen LogP contribution in [0.5, 0.6) is 0 Å². The average Bonchev–Trinajstić information content (AvgIpc) is 2.58. The molecule has 0 aliphatic heterocycles. The van der Waals surface area contributed by atoms with E-state index in [1.807, 2.05) is 0 Å². The summed E-state index contributed by atoms with van der Waals surface area (Å²) in [4.78, 5) is 0. The molecule has 0 bridgehead atoms. The molecule has 23 heavy (non-hydrogen) atoms. The van der Waals surface area contributed by atoms with E-state index in [0.717, 1.165) is 24.7 Å². The molecule has 1 rings (SSSR count). The lowest BCUT2D eigenvalue weighted by Gasteiger charge is -2.28. The minimum atomic E-state index is 0.362. The van der Waals surface area contributed by atoms with Gasteiger partial charge < -0.3 is 14.9 Å². The number of ether oxygens (including phenoxy) is 1. The van der Waals surface area contributed by atoms with Crippen molar-refractivity contribution in [2.45, 2.75) is 77.0 Å². The van der Waals surface area contributed by atoms with Gasteiger partial charge in [-0.1, -0.05) is 77.4 Å². The van der Waals surface area contributed by atoms with Crippen molar-refractivity contribution in [1.29, 1.82) is 0 Å². The maximum Gasteiger partial charge on any atom is 0.0829 e. The van der Waals surface area contributed by atoms with Crippen molar-refractivity contribution in [2.75, 3.05) is 13.2 Å². The molecule has 0 amide bonds. The van der Waals surface area contributed by atoms with Crippen LogP contribution in [0.15, 0.2) is 25.7 Å². The summed E-state index contributed by atoms with van der Waals surface area (Å²) in [6.45, 7) is 7.24. The summed E-state index contributed by atoms with van der Waals surface area (Å²) >= 11 is 0. The molecule has 0 radical (unpaired) electrons. The third kappa shape index (κ3) is 14.5. The van der Waals surface area contributed by atoms with E-state index >= 15 is 0 Å². The number of aliphatic hydroxyl groups excluding tert-OH is 2. The summed E-state index contributed by atoms with van der Waals surface area (Å²) in [6.07, 6.45) is 18.1. The molecular formula is C20H38O3. The topological polar surface area (TPSA) is 49.7 Å². The second-order valence-electron chi connectivity index (χ2n) is 6.50. The van der Waals surface area contributed by atoms with Gasteiger partial charge in [-0.25, -0.2) is 0 Å². The van der Waals surface area contributed by atoms with E-state index in [2.05, 4.69) is 17.9 Å². The molecule has 0 unspecified atom stereocenters. The van der Waals surface area contributed by atoms with E-state index in [-0.39, 0.29) is 0 Å². The van der Waals surface area contributed by atoms with Crippen molar-refractivity contribution in [3.8, 4) is 0 Å². The number of aliphatic hydroxyl groups is 2. The van der Waals surface area contributed by atoms with Gasteiger partial charge in [-0.3, -0.25) is 0 Å². The number of unbranched alkanes of at least 4 members (excludes halogenated alkanes) is 4. The van der Waals surface area contributed by atoms with Gasteiger partial charge in [0, 0.05) is 13.2 Å². The molecule has 0 aromatic rings. The molecule has 1 aliphatic rings. The van der Waals surface area contributed by atoms with Crippen LogP contribution in [0.3, 0.4) is 0 Å². The van der Waals surface area contributed by atoms with Gasteiger partial charge in [0.15, 0.2) is 0 Å². The predicted octanol–water partition coefficient (Wildman–Crippen LogP) is 5.19. The lowest BCUT2D eigenvalue weighted by atomic mass is 9.78. The summed E-state index contributed by atoms with van der Waals surface area (Å²) in [6, 6.07) is 0. The van der Waals surface area contributed by atoms with Gasteiger partial charge in [-0.15, -0.1) is 0 Å². The summed E-state index contributed by atoms with van der Waals surface area (Å²) in [7, 11) is 0. The summed E-state index contributed by atoms with van der Waals surface area (Å²) in [5, 5.41) is 17.5. The van der Waals surface area contributed by atoms with Crippen molar-refractivity contribution in [1.82, 2.24) is 0 Å². The Morgan fingerprint density at radius 2 is 1.09 bits per heavy atom. The van der Waals surface area contributed by atoms with Crippen molar-refractivity contribution in [3.05, 3.63) is 25.7 Å². The van der Waals surface area contributed by atoms with E-state index in [9.17, 15) is 0 Å². The second kappa shape index (κ2) is 17.6. The Bertz CT molecular complexity index is 232. The monoisotopic (exact) mass is 326 g/mol. The first-order valence-electron chi connectivity index (χ1n) is 9.37. The van der Waals surface area contributed by atoms with Gasteiger partial charge in [-0.2, -0.15) is 0 Å². The molecule has 2 N–H and O–H groups in total. The maximum absolute atomic E-state index is 8.74. The van der Waals surface area contributed by atoms with Crippen LogP contribution in [-0.4, -0.2) is 23.4 Å². The fourth-order valence-corrected chi connectivity index (χ4v) is 3.32. The van der Waals surface area contributed by atoms with E-state index in [0.29, 0.717) is 13.2 Å². The molecule has 0 aromatic carbocycles. The van der Waals surface area contributed by atoms with Crippen LogP contribution in [0.25, 0.3) is 0 Å². The van der Waals surface area contributed by atoms with Crippen molar-refractivity contribution in [3.63, 3.8) is 0 Å². The Kier molecular flexibility index (Phi) is 16.9. The smallest absolute Gasteiger partial charge is 0.0829 e. The first-order valence-corrected chi connectivity index (χ1v) is 9.37. The summed E-state index contributed by atoms with van der Waals surface area (Å²) in [5.41, 5.74) is 0. The van der Waals surface area contributed by atoms with Gasteiger partial charge in [-0.05, 0) is 24.7 Å². The molecule has 136 valence electrons. The van der Waals surface area contributed by atoms with Crippen molar-refractivity contribution in [2.24, 2.45) is 11.8 Å². The fourth-order valence-electron chi connectivity index (χ4n) is 3.32. The molecule has 0 aromatic heterocycles. The number of hydrogen-bond donors (Lipinski definition) is 2. The zero-order valence-corrected chi connectivity index (χ0v) is 14.9. The quantitative estimate of drug-likeness (QED) is 0.383. The van der Waals surface area contributed by atoms with Crippen LogP contribution in [0.4, 0.5) is 0 Å². The lowest BCUT2D eigenvalue weighted by molar-refractivity contribution is 0.235. The molecule has 1 fully saturated rings. The highest BCUT2D eigenvalue weighted by atomic mass is 16.5. The highest BCUT2D eigenvalue weighted by molar-refractivity contribution is 4.72. The van der Waals surface area contributed by atoms with E-state index < -0.39 is 0 Å². The standard InChI is InChI=1S/C16H32O2.C4H6O/c17-13-5-1-3-7-15-9-11-16(12-10-15)8-4-2-6-14-18;1-3-5-4-2/h15-18H,1-14H2;3-4H,1-2H2. The first-order chi connectivity index (χ1) is 11.3. The average molecular weight is 327 g/mol. The van der Waals surface area contributed by atoms with E-state index in [4.69, 9.17) is 10.2 Å². The molecule has 3 heteroatoms. The molecule has 0 heterocycles. The molecule has 3 nitrogen and oxygen atoms in total.